The number of nitrogens with zero attached hydrogens (tertiary/aromatic N) is 2. The smallest absolute Gasteiger partial charge is 0.309 e. The molecule has 0 N–H and O–H groups in total. The van der Waals surface area contributed by atoms with Gasteiger partial charge in [0.1, 0.15) is 0 Å². The van der Waals surface area contributed by atoms with Crippen molar-refractivity contribution in [2.75, 3.05) is 0 Å². The number of aryl methyl sites for hydroxylation is 1. The maximum atomic E-state index is 12.2. The molecule has 3 rings (SSSR count). The topological polar surface area (TPSA) is 65.2 Å². The van der Waals surface area contributed by atoms with Gasteiger partial charge in [-0.1, -0.05) is 37.0 Å². The summed E-state index contributed by atoms with van der Waals surface area (Å²) >= 11 is 0. The molecular formula is C18H22N2O3. The van der Waals surface area contributed by atoms with Crippen LogP contribution in [0.4, 0.5) is 0 Å². The fraction of sp³-hybridized carbons (Fsp3) is 0.500. The molecule has 2 aromatic rings. The molecule has 0 spiro atoms. The van der Waals surface area contributed by atoms with Crippen molar-refractivity contribution >= 4 is 5.97 Å². The van der Waals surface area contributed by atoms with Crippen molar-refractivity contribution in [2.45, 2.75) is 52.1 Å². The van der Waals surface area contributed by atoms with Gasteiger partial charge in [0.2, 0.25) is 5.89 Å². The van der Waals surface area contributed by atoms with Gasteiger partial charge >= 0.3 is 5.97 Å². The monoisotopic (exact) mass is 314 g/mol. The van der Waals surface area contributed by atoms with Crippen molar-refractivity contribution in [3.63, 3.8) is 0 Å². The van der Waals surface area contributed by atoms with E-state index in [1.807, 2.05) is 31.2 Å². The lowest BCUT2D eigenvalue weighted by atomic mass is 9.89. The van der Waals surface area contributed by atoms with Crippen LogP contribution in [0.15, 0.2) is 28.7 Å². The van der Waals surface area contributed by atoms with Crippen LogP contribution in [0.2, 0.25) is 0 Å². The lowest BCUT2D eigenvalue weighted by molar-refractivity contribution is -0.155. The lowest BCUT2D eigenvalue weighted by Gasteiger charge is -2.21. The average molecular weight is 314 g/mol. The molecule has 0 saturated heterocycles. The number of benzene rings is 1. The van der Waals surface area contributed by atoms with Crippen LogP contribution in [0.25, 0.3) is 11.5 Å². The summed E-state index contributed by atoms with van der Waals surface area (Å²) in [5, 5.41) is 8.07. The second-order valence-electron chi connectivity index (χ2n) is 6.23. The number of aromatic nitrogens is 2. The predicted molar refractivity (Wildman–Crippen MR) is 85.6 cm³/mol. The van der Waals surface area contributed by atoms with Gasteiger partial charge in [0.05, 0.1) is 5.92 Å². The zero-order chi connectivity index (χ0) is 16.2. The molecule has 1 aliphatic carbocycles. The van der Waals surface area contributed by atoms with Gasteiger partial charge in [-0.3, -0.25) is 4.79 Å². The summed E-state index contributed by atoms with van der Waals surface area (Å²) in [5.74, 6) is 0.656. The van der Waals surface area contributed by atoms with Crippen molar-refractivity contribution < 1.29 is 13.9 Å². The number of ether oxygens (including phenoxy) is 1. The third-order valence-electron chi connectivity index (χ3n) is 4.32. The highest BCUT2D eigenvalue weighted by molar-refractivity contribution is 5.72. The van der Waals surface area contributed by atoms with Crippen LogP contribution in [0.5, 0.6) is 0 Å². The highest BCUT2D eigenvalue weighted by Gasteiger charge is 2.26. The summed E-state index contributed by atoms with van der Waals surface area (Å²) in [7, 11) is 0. The number of rotatable bonds is 4. The largest absolute Gasteiger partial charge is 0.452 e. The fourth-order valence-corrected chi connectivity index (χ4v) is 2.87. The Hall–Kier alpha value is -2.17. The molecule has 1 saturated carbocycles. The van der Waals surface area contributed by atoms with Crippen molar-refractivity contribution in [3.05, 3.63) is 35.7 Å². The SMILES string of the molecule is Cc1ccc(-c2nnc([C@@H](C)OC(=O)C3CCCCC3)o2)cc1. The molecule has 0 aliphatic heterocycles. The third kappa shape index (κ3) is 3.78. The van der Waals surface area contributed by atoms with Crippen molar-refractivity contribution in [2.24, 2.45) is 5.92 Å². The maximum Gasteiger partial charge on any atom is 0.309 e. The highest BCUT2D eigenvalue weighted by Crippen LogP contribution is 2.28. The third-order valence-corrected chi connectivity index (χ3v) is 4.32. The highest BCUT2D eigenvalue weighted by atomic mass is 16.6. The zero-order valence-corrected chi connectivity index (χ0v) is 13.6. The first kappa shape index (κ1) is 15.7. The molecule has 1 atom stereocenters. The van der Waals surface area contributed by atoms with Crippen molar-refractivity contribution in [3.8, 4) is 11.5 Å². The van der Waals surface area contributed by atoms with E-state index in [1.54, 1.807) is 6.92 Å². The molecule has 0 bridgehead atoms. The minimum Gasteiger partial charge on any atom is -0.452 e. The molecule has 1 aromatic carbocycles. The summed E-state index contributed by atoms with van der Waals surface area (Å²) in [6, 6.07) is 7.86. The number of hydrogen-bond acceptors (Lipinski definition) is 5. The first-order chi connectivity index (χ1) is 11.1. The Kier molecular flexibility index (Phi) is 4.74. The summed E-state index contributed by atoms with van der Waals surface area (Å²) in [6.07, 6.45) is 4.74. The zero-order valence-electron chi connectivity index (χ0n) is 13.6. The Morgan fingerprint density at radius 2 is 1.87 bits per heavy atom. The molecule has 1 aromatic heterocycles. The number of esters is 1. The Bertz CT molecular complexity index is 657. The second kappa shape index (κ2) is 6.94. The Labute approximate surface area is 136 Å². The van der Waals surface area contributed by atoms with E-state index in [2.05, 4.69) is 10.2 Å². The van der Waals surface area contributed by atoms with Crippen molar-refractivity contribution in [1.82, 2.24) is 10.2 Å². The molecule has 5 nitrogen and oxygen atoms in total. The predicted octanol–water partition coefficient (Wildman–Crippen LogP) is 4.23. The Morgan fingerprint density at radius 1 is 1.17 bits per heavy atom. The van der Waals surface area contributed by atoms with Crippen LogP contribution in [0.3, 0.4) is 0 Å². The van der Waals surface area contributed by atoms with E-state index < -0.39 is 6.10 Å². The van der Waals surface area contributed by atoms with E-state index in [1.165, 1.54) is 12.0 Å². The molecule has 1 aliphatic rings. The Morgan fingerprint density at radius 3 is 2.57 bits per heavy atom. The quantitative estimate of drug-likeness (QED) is 0.790. The molecule has 0 amide bonds. The van der Waals surface area contributed by atoms with E-state index in [4.69, 9.17) is 9.15 Å². The van der Waals surface area contributed by atoms with Gasteiger partial charge in [0.25, 0.3) is 5.89 Å². The molecule has 0 unspecified atom stereocenters. The molecule has 1 fully saturated rings. The second-order valence-corrected chi connectivity index (χ2v) is 6.23. The normalized spacial score (nSPS) is 17.0. The molecule has 1 heterocycles. The minimum absolute atomic E-state index is 0.0192. The fourth-order valence-electron chi connectivity index (χ4n) is 2.87. The van der Waals surface area contributed by atoms with Gasteiger partial charge in [-0.2, -0.15) is 0 Å². The summed E-state index contributed by atoms with van der Waals surface area (Å²) < 4.78 is 11.2. The van der Waals surface area contributed by atoms with E-state index in [-0.39, 0.29) is 11.9 Å². The summed E-state index contributed by atoms with van der Waals surface area (Å²) in [6.45, 7) is 3.79. The van der Waals surface area contributed by atoms with Crippen molar-refractivity contribution in [1.29, 1.82) is 0 Å². The number of carbonyl (C=O) groups excluding carboxylic acids is 1. The van der Waals surface area contributed by atoms with Crippen LogP contribution in [0.1, 0.15) is 56.6 Å². The van der Waals surface area contributed by atoms with E-state index in [9.17, 15) is 4.79 Å². The van der Waals surface area contributed by atoms with Crippen LogP contribution in [0, 0.1) is 12.8 Å². The van der Waals surface area contributed by atoms with Gasteiger partial charge in [0.15, 0.2) is 6.10 Å². The Balaban J connectivity index is 1.64. The van der Waals surface area contributed by atoms with E-state index in [0.29, 0.717) is 11.8 Å². The van der Waals surface area contributed by atoms with Gasteiger partial charge < -0.3 is 9.15 Å². The molecule has 122 valence electrons. The molecule has 23 heavy (non-hydrogen) atoms. The van der Waals surface area contributed by atoms with E-state index >= 15 is 0 Å². The standard InChI is InChI=1S/C18H22N2O3/c1-12-8-10-14(11-9-12)17-20-19-16(23-17)13(2)22-18(21)15-6-4-3-5-7-15/h8-11,13,15H,3-7H2,1-2H3/t13-/m1/s1. The van der Waals surface area contributed by atoms with Crippen LogP contribution < -0.4 is 0 Å². The summed E-state index contributed by atoms with van der Waals surface area (Å²) in [5.41, 5.74) is 2.03. The van der Waals surface area contributed by atoms with Gasteiger partial charge in [-0.05, 0) is 38.8 Å². The van der Waals surface area contributed by atoms with Gasteiger partial charge in [-0.15, -0.1) is 10.2 Å². The van der Waals surface area contributed by atoms with E-state index in [0.717, 1.165) is 31.2 Å². The van der Waals surface area contributed by atoms with Gasteiger partial charge in [0, 0.05) is 5.56 Å². The minimum atomic E-state index is -0.517. The van der Waals surface area contributed by atoms with Crippen LogP contribution in [-0.4, -0.2) is 16.2 Å². The summed E-state index contributed by atoms with van der Waals surface area (Å²) in [4.78, 5) is 12.2. The van der Waals surface area contributed by atoms with Crippen LogP contribution in [-0.2, 0) is 9.53 Å². The first-order valence-electron chi connectivity index (χ1n) is 8.24. The number of carbonyl (C=O) groups is 1. The molecule has 0 radical (unpaired) electrons. The van der Waals surface area contributed by atoms with Gasteiger partial charge in [-0.25, -0.2) is 0 Å². The number of hydrogen-bond donors (Lipinski definition) is 0. The first-order valence-corrected chi connectivity index (χ1v) is 8.24. The average Bonchev–Trinajstić information content (AvgIpc) is 3.06. The lowest BCUT2D eigenvalue weighted by Crippen LogP contribution is -2.21. The molecular weight excluding hydrogens is 292 g/mol. The molecule has 5 heteroatoms. The maximum absolute atomic E-state index is 12.2. The van der Waals surface area contributed by atoms with Crippen LogP contribution >= 0.6 is 0 Å².